The third kappa shape index (κ3) is 3.17. The summed E-state index contributed by atoms with van der Waals surface area (Å²) in [6.45, 7) is 3.75. The summed E-state index contributed by atoms with van der Waals surface area (Å²) >= 11 is 0. The lowest BCUT2D eigenvalue weighted by molar-refractivity contribution is -0.119. The number of rotatable bonds is 5. The van der Waals surface area contributed by atoms with Gasteiger partial charge in [0.1, 0.15) is 11.9 Å². The molecule has 1 saturated carbocycles. The Labute approximate surface area is 180 Å². The van der Waals surface area contributed by atoms with Crippen LogP contribution in [-0.4, -0.2) is 49.3 Å². The van der Waals surface area contributed by atoms with E-state index in [1.54, 1.807) is 11.1 Å². The maximum absolute atomic E-state index is 12.2. The second-order valence-electron chi connectivity index (χ2n) is 8.39. The van der Waals surface area contributed by atoms with Gasteiger partial charge in [0.05, 0.1) is 24.6 Å². The zero-order valence-electron chi connectivity index (χ0n) is 17.2. The SMILES string of the molecule is CC(=O)NC[C@H]1CN(c2ccc(C3(C#N)C4CN(c5ccccn5)CC43)cc2)C(=O)O1. The molecule has 2 unspecified atom stereocenters. The first-order valence-electron chi connectivity index (χ1n) is 10.4. The van der Waals surface area contributed by atoms with Crippen molar-refractivity contribution in [3.8, 4) is 6.07 Å². The highest BCUT2D eigenvalue weighted by atomic mass is 16.6. The number of amides is 2. The molecule has 1 aromatic heterocycles. The predicted molar refractivity (Wildman–Crippen MR) is 113 cm³/mol. The number of aromatic nitrogens is 1. The van der Waals surface area contributed by atoms with Gasteiger partial charge in [-0.3, -0.25) is 9.69 Å². The Morgan fingerprint density at radius 3 is 2.58 bits per heavy atom. The number of nitrogens with one attached hydrogen (secondary N) is 1. The van der Waals surface area contributed by atoms with E-state index in [1.165, 1.54) is 6.92 Å². The largest absolute Gasteiger partial charge is 0.442 e. The van der Waals surface area contributed by atoms with Gasteiger partial charge in [0.2, 0.25) is 5.91 Å². The van der Waals surface area contributed by atoms with Gasteiger partial charge in [-0.2, -0.15) is 5.26 Å². The molecule has 5 rings (SSSR count). The number of piperidine rings is 1. The van der Waals surface area contributed by atoms with Crippen molar-refractivity contribution in [2.24, 2.45) is 11.8 Å². The number of nitrogens with zero attached hydrogens (tertiary/aromatic N) is 4. The molecule has 31 heavy (non-hydrogen) atoms. The Balaban J connectivity index is 1.27. The molecule has 2 aromatic rings. The minimum atomic E-state index is -0.469. The van der Waals surface area contributed by atoms with Crippen LogP contribution < -0.4 is 15.1 Å². The molecule has 2 saturated heterocycles. The molecule has 3 fully saturated rings. The van der Waals surface area contributed by atoms with Crippen molar-refractivity contribution in [1.29, 1.82) is 5.26 Å². The molecule has 1 N–H and O–H groups in total. The monoisotopic (exact) mass is 417 g/mol. The number of nitriles is 1. The molecule has 0 bridgehead atoms. The van der Waals surface area contributed by atoms with Crippen LogP contribution in [0.15, 0.2) is 48.7 Å². The van der Waals surface area contributed by atoms with Crippen LogP contribution in [0.1, 0.15) is 12.5 Å². The molecule has 1 aromatic carbocycles. The van der Waals surface area contributed by atoms with Crippen molar-refractivity contribution >= 4 is 23.5 Å². The Kier molecular flexibility index (Phi) is 4.54. The Hall–Kier alpha value is -3.60. The molecule has 2 amide bonds. The van der Waals surface area contributed by atoms with Crippen LogP contribution in [0.3, 0.4) is 0 Å². The van der Waals surface area contributed by atoms with Gasteiger partial charge in [0.25, 0.3) is 0 Å². The number of cyclic esters (lactones) is 1. The molecular formula is C23H23N5O3. The van der Waals surface area contributed by atoms with Crippen LogP contribution in [0.25, 0.3) is 0 Å². The van der Waals surface area contributed by atoms with E-state index in [2.05, 4.69) is 21.3 Å². The first-order valence-corrected chi connectivity index (χ1v) is 10.4. The van der Waals surface area contributed by atoms with Crippen LogP contribution in [0.4, 0.5) is 16.3 Å². The summed E-state index contributed by atoms with van der Waals surface area (Å²) in [6.07, 6.45) is 0.994. The molecule has 3 atom stereocenters. The van der Waals surface area contributed by atoms with E-state index < -0.39 is 11.5 Å². The summed E-state index contributed by atoms with van der Waals surface area (Å²) in [7, 11) is 0. The zero-order valence-corrected chi connectivity index (χ0v) is 17.2. The fraction of sp³-hybridized carbons (Fsp3) is 0.391. The quantitative estimate of drug-likeness (QED) is 0.800. The van der Waals surface area contributed by atoms with Crippen LogP contribution in [0.2, 0.25) is 0 Å². The smallest absolute Gasteiger partial charge is 0.414 e. The van der Waals surface area contributed by atoms with E-state index in [9.17, 15) is 14.9 Å². The topological polar surface area (TPSA) is 98.6 Å². The maximum atomic E-state index is 12.2. The average molecular weight is 417 g/mol. The fourth-order valence-electron chi connectivity index (χ4n) is 5.03. The molecular weight excluding hydrogens is 394 g/mol. The molecule has 0 spiro atoms. The number of pyridine rings is 1. The molecule has 1 aliphatic carbocycles. The Bertz CT molecular complexity index is 1040. The molecule has 0 radical (unpaired) electrons. The van der Waals surface area contributed by atoms with Crippen molar-refractivity contribution in [3.63, 3.8) is 0 Å². The van der Waals surface area contributed by atoms with E-state index in [1.807, 2.05) is 42.5 Å². The lowest BCUT2D eigenvalue weighted by atomic mass is 9.91. The molecule has 8 heteroatoms. The second kappa shape index (κ2) is 7.27. The summed E-state index contributed by atoms with van der Waals surface area (Å²) in [6, 6.07) is 16.1. The van der Waals surface area contributed by atoms with Gasteiger partial charge in [-0.05, 0) is 29.8 Å². The summed E-state index contributed by atoms with van der Waals surface area (Å²) in [4.78, 5) is 31.6. The van der Waals surface area contributed by atoms with Gasteiger partial charge in [-0.15, -0.1) is 0 Å². The average Bonchev–Trinajstić information content (AvgIpc) is 3.09. The van der Waals surface area contributed by atoms with Crippen LogP contribution in [0.5, 0.6) is 0 Å². The van der Waals surface area contributed by atoms with Crippen LogP contribution >= 0.6 is 0 Å². The first kappa shape index (κ1) is 19.4. The van der Waals surface area contributed by atoms with E-state index in [0.29, 0.717) is 13.1 Å². The van der Waals surface area contributed by atoms with Gasteiger partial charge in [-0.1, -0.05) is 18.2 Å². The normalized spacial score (nSPS) is 28.6. The molecule has 2 aliphatic heterocycles. The molecule has 8 nitrogen and oxygen atoms in total. The lowest BCUT2D eigenvalue weighted by Crippen LogP contribution is -2.33. The maximum Gasteiger partial charge on any atom is 0.414 e. The highest BCUT2D eigenvalue weighted by Crippen LogP contribution is 2.63. The zero-order chi connectivity index (χ0) is 21.6. The molecule has 3 aliphatic rings. The van der Waals surface area contributed by atoms with Gasteiger partial charge in [-0.25, -0.2) is 9.78 Å². The summed E-state index contributed by atoms with van der Waals surface area (Å²) < 4.78 is 5.33. The lowest BCUT2D eigenvalue weighted by Gasteiger charge is -2.24. The number of fused-ring (bicyclic) bond motifs is 1. The van der Waals surface area contributed by atoms with Crippen molar-refractivity contribution in [2.75, 3.05) is 36.0 Å². The number of hydrogen-bond donors (Lipinski definition) is 1. The number of carbonyl (C=O) groups is 2. The summed E-state index contributed by atoms with van der Waals surface area (Å²) in [5.74, 6) is 1.36. The van der Waals surface area contributed by atoms with Gasteiger partial charge >= 0.3 is 6.09 Å². The van der Waals surface area contributed by atoms with E-state index in [-0.39, 0.29) is 23.8 Å². The highest BCUT2D eigenvalue weighted by Gasteiger charge is 2.70. The number of benzene rings is 1. The summed E-state index contributed by atoms with van der Waals surface area (Å²) in [5.41, 5.74) is 1.26. The predicted octanol–water partition coefficient (Wildman–Crippen LogP) is 2.07. The fourth-order valence-corrected chi connectivity index (χ4v) is 5.03. The van der Waals surface area contributed by atoms with Gasteiger partial charge < -0.3 is 15.0 Å². The first-order chi connectivity index (χ1) is 15.0. The van der Waals surface area contributed by atoms with Gasteiger partial charge in [0.15, 0.2) is 0 Å². The third-order valence-corrected chi connectivity index (χ3v) is 6.65. The number of hydrogen-bond acceptors (Lipinski definition) is 6. The van der Waals surface area contributed by atoms with Gasteiger partial charge in [0, 0.05) is 43.7 Å². The van der Waals surface area contributed by atoms with Crippen molar-refractivity contribution in [2.45, 2.75) is 18.4 Å². The second-order valence-corrected chi connectivity index (χ2v) is 8.39. The van der Waals surface area contributed by atoms with Crippen molar-refractivity contribution in [3.05, 3.63) is 54.2 Å². The molecule has 3 heterocycles. The Morgan fingerprint density at radius 1 is 1.23 bits per heavy atom. The Morgan fingerprint density at radius 2 is 1.97 bits per heavy atom. The van der Waals surface area contributed by atoms with Crippen molar-refractivity contribution < 1.29 is 14.3 Å². The van der Waals surface area contributed by atoms with E-state index >= 15 is 0 Å². The minimum absolute atomic E-state index is 0.155. The van der Waals surface area contributed by atoms with E-state index in [4.69, 9.17) is 4.74 Å². The van der Waals surface area contributed by atoms with Crippen molar-refractivity contribution in [1.82, 2.24) is 10.3 Å². The highest BCUT2D eigenvalue weighted by molar-refractivity contribution is 5.89. The van der Waals surface area contributed by atoms with Crippen LogP contribution in [-0.2, 0) is 14.9 Å². The van der Waals surface area contributed by atoms with Crippen LogP contribution in [0, 0.1) is 23.2 Å². The number of anilines is 2. The van der Waals surface area contributed by atoms with E-state index in [0.717, 1.165) is 30.2 Å². The molecule has 158 valence electrons. The number of carbonyl (C=O) groups excluding carboxylic acids is 2. The standard InChI is InChI=1S/C23H23N5O3/c1-15(29)26-10-18-11-28(22(30)31-18)17-7-5-16(6-8-17)23(14-24)19-12-27(13-20(19)23)21-4-2-3-9-25-21/h2-9,18-20H,10-13H2,1H3,(H,26,29)/t18-,19?,20?,23?/m0/s1. The third-order valence-electron chi connectivity index (χ3n) is 6.65. The minimum Gasteiger partial charge on any atom is -0.442 e. The summed E-state index contributed by atoms with van der Waals surface area (Å²) in [5, 5.41) is 12.7. The number of ether oxygens (including phenoxy) is 1.